The number of ketones is 1. The molecular weight excluding hydrogens is 260 g/mol. The summed E-state index contributed by atoms with van der Waals surface area (Å²) >= 11 is 0. The van der Waals surface area contributed by atoms with Crippen LogP contribution in [-0.4, -0.2) is 5.78 Å². The smallest absolute Gasteiger partial charge is 0.162 e. The van der Waals surface area contributed by atoms with E-state index in [9.17, 15) is 4.79 Å². The maximum absolute atomic E-state index is 11.8. The molecule has 0 spiro atoms. The first kappa shape index (κ1) is 15.3. The molecule has 110 valence electrons. The van der Waals surface area contributed by atoms with E-state index >= 15 is 0 Å². The van der Waals surface area contributed by atoms with Gasteiger partial charge in [-0.05, 0) is 23.6 Å². The van der Waals surface area contributed by atoms with Crippen molar-refractivity contribution < 1.29 is 9.53 Å². The number of ether oxygens (including phenoxy) is 1. The van der Waals surface area contributed by atoms with Crippen molar-refractivity contribution in [3.8, 4) is 11.5 Å². The third-order valence-corrected chi connectivity index (χ3v) is 3.40. The monoisotopic (exact) mass is 282 g/mol. The predicted octanol–water partition coefficient (Wildman–Crippen LogP) is 5.37. The molecule has 2 aromatic rings. The fourth-order valence-corrected chi connectivity index (χ4v) is 2.24. The zero-order valence-corrected chi connectivity index (χ0v) is 13.1. The molecule has 0 radical (unpaired) electrons. The van der Waals surface area contributed by atoms with Gasteiger partial charge >= 0.3 is 0 Å². The van der Waals surface area contributed by atoms with E-state index < -0.39 is 0 Å². The number of hydrogen-bond acceptors (Lipinski definition) is 2. The highest BCUT2D eigenvalue weighted by Crippen LogP contribution is 2.34. The van der Waals surface area contributed by atoms with E-state index in [1.54, 1.807) is 0 Å². The fourth-order valence-electron chi connectivity index (χ4n) is 2.24. The molecule has 0 bridgehead atoms. The Labute approximate surface area is 126 Å². The Morgan fingerprint density at radius 2 is 1.76 bits per heavy atom. The van der Waals surface area contributed by atoms with E-state index in [0.29, 0.717) is 17.7 Å². The number of carbonyl (C=O) groups is 1. The summed E-state index contributed by atoms with van der Waals surface area (Å²) in [6.45, 7) is 8.34. The zero-order chi connectivity index (χ0) is 15.5. The van der Waals surface area contributed by atoms with Crippen molar-refractivity contribution in [2.45, 2.75) is 39.5 Å². The normalized spacial score (nSPS) is 11.2. The van der Waals surface area contributed by atoms with Crippen molar-refractivity contribution >= 4 is 5.78 Å². The van der Waals surface area contributed by atoms with Gasteiger partial charge in [-0.2, -0.15) is 0 Å². The molecule has 2 rings (SSSR count). The van der Waals surface area contributed by atoms with E-state index in [0.717, 1.165) is 11.3 Å². The molecular formula is C19H22O2. The van der Waals surface area contributed by atoms with Crippen molar-refractivity contribution in [2.75, 3.05) is 0 Å². The number of Topliss-reactive ketones (excluding diaryl/α,β-unsaturated/α-hetero) is 1. The van der Waals surface area contributed by atoms with Crippen LogP contribution in [0.1, 0.15) is 50.0 Å². The standard InChI is InChI=1S/C19H22O2/c1-5-17(20)14-9-8-10-15(13-14)21-18-12-7-6-11-16(18)19(2,3)4/h6-13H,5H2,1-4H3. The number of para-hydroxylation sites is 1. The second-order valence-electron chi connectivity index (χ2n) is 6.15. The van der Waals surface area contributed by atoms with Gasteiger partial charge in [0.25, 0.3) is 0 Å². The maximum atomic E-state index is 11.8. The Hall–Kier alpha value is -2.09. The number of hydrogen-bond donors (Lipinski definition) is 0. The van der Waals surface area contributed by atoms with Crippen molar-refractivity contribution in [1.29, 1.82) is 0 Å². The molecule has 2 nitrogen and oxygen atoms in total. The predicted molar refractivity (Wildman–Crippen MR) is 86.3 cm³/mol. The molecule has 2 aromatic carbocycles. The molecule has 0 aliphatic rings. The van der Waals surface area contributed by atoms with Crippen LogP contribution in [0.2, 0.25) is 0 Å². The number of carbonyl (C=O) groups excluding carboxylic acids is 1. The highest BCUT2D eigenvalue weighted by atomic mass is 16.5. The van der Waals surface area contributed by atoms with E-state index in [2.05, 4.69) is 26.8 Å². The minimum absolute atomic E-state index is 0.00738. The highest BCUT2D eigenvalue weighted by Gasteiger charge is 2.18. The van der Waals surface area contributed by atoms with Gasteiger partial charge < -0.3 is 4.74 Å². The average molecular weight is 282 g/mol. The molecule has 0 N–H and O–H groups in total. The Morgan fingerprint density at radius 1 is 1.05 bits per heavy atom. The minimum atomic E-state index is 0.00738. The van der Waals surface area contributed by atoms with Crippen molar-refractivity contribution in [3.63, 3.8) is 0 Å². The molecule has 0 fully saturated rings. The molecule has 0 heterocycles. The average Bonchev–Trinajstić information content (AvgIpc) is 2.46. The van der Waals surface area contributed by atoms with Crippen LogP contribution in [0.25, 0.3) is 0 Å². The van der Waals surface area contributed by atoms with Gasteiger partial charge in [0, 0.05) is 17.5 Å². The molecule has 0 aliphatic carbocycles. The first-order valence-corrected chi connectivity index (χ1v) is 7.32. The van der Waals surface area contributed by atoms with Crippen molar-refractivity contribution in [3.05, 3.63) is 59.7 Å². The quantitative estimate of drug-likeness (QED) is 0.705. The van der Waals surface area contributed by atoms with E-state index in [-0.39, 0.29) is 11.2 Å². The third-order valence-electron chi connectivity index (χ3n) is 3.40. The Kier molecular flexibility index (Phi) is 4.46. The molecule has 2 heteroatoms. The summed E-state index contributed by atoms with van der Waals surface area (Å²) in [7, 11) is 0. The van der Waals surface area contributed by atoms with Crippen LogP contribution >= 0.6 is 0 Å². The Balaban J connectivity index is 2.33. The van der Waals surface area contributed by atoms with Crippen LogP contribution in [-0.2, 0) is 5.41 Å². The highest BCUT2D eigenvalue weighted by molar-refractivity contribution is 5.96. The molecule has 0 aliphatic heterocycles. The fraction of sp³-hybridized carbons (Fsp3) is 0.316. The minimum Gasteiger partial charge on any atom is -0.457 e. The molecule has 0 unspecified atom stereocenters. The van der Waals surface area contributed by atoms with Crippen molar-refractivity contribution in [1.82, 2.24) is 0 Å². The first-order chi connectivity index (χ1) is 9.91. The SMILES string of the molecule is CCC(=O)c1cccc(Oc2ccccc2C(C)(C)C)c1. The summed E-state index contributed by atoms with van der Waals surface area (Å²) < 4.78 is 6.02. The summed E-state index contributed by atoms with van der Waals surface area (Å²) in [5, 5.41) is 0. The van der Waals surface area contributed by atoms with Crippen molar-refractivity contribution in [2.24, 2.45) is 0 Å². The first-order valence-electron chi connectivity index (χ1n) is 7.32. The third kappa shape index (κ3) is 3.72. The summed E-state index contributed by atoms with van der Waals surface area (Å²) in [5.74, 6) is 1.67. The summed E-state index contributed by atoms with van der Waals surface area (Å²) in [6.07, 6.45) is 0.502. The molecule has 0 atom stereocenters. The molecule has 0 aromatic heterocycles. The van der Waals surface area contributed by atoms with Gasteiger partial charge in [-0.15, -0.1) is 0 Å². The zero-order valence-electron chi connectivity index (χ0n) is 13.1. The summed E-state index contributed by atoms with van der Waals surface area (Å²) in [4.78, 5) is 11.8. The van der Waals surface area contributed by atoms with Gasteiger partial charge in [-0.3, -0.25) is 4.79 Å². The Bertz CT molecular complexity index is 636. The summed E-state index contributed by atoms with van der Waals surface area (Å²) in [5.41, 5.74) is 1.86. The van der Waals surface area contributed by atoms with Gasteiger partial charge in [0.1, 0.15) is 11.5 Å². The summed E-state index contributed by atoms with van der Waals surface area (Å²) in [6, 6.07) is 15.4. The van der Waals surface area contributed by atoms with Crippen LogP contribution in [0, 0.1) is 0 Å². The van der Waals surface area contributed by atoms with E-state index in [1.807, 2.05) is 49.4 Å². The van der Waals surface area contributed by atoms with Gasteiger partial charge in [-0.1, -0.05) is 58.0 Å². The van der Waals surface area contributed by atoms with E-state index in [4.69, 9.17) is 4.74 Å². The maximum Gasteiger partial charge on any atom is 0.162 e. The van der Waals surface area contributed by atoms with Gasteiger partial charge in [0.15, 0.2) is 5.78 Å². The molecule has 21 heavy (non-hydrogen) atoms. The van der Waals surface area contributed by atoms with Crippen LogP contribution in [0.3, 0.4) is 0 Å². The number of benzene rings is 2. The lowest BCUT2D eigenvalue weighted by molar-refractivity contribution is 0.0988. The largest absolute Gasteiger partial charge is 0.457 e. The number of rotatable bonds is 4. The van der Waals surface area contributed by atoms with Crippen LogP contribution < -0.4 is 4.74 Å². The second-order valence-corrected chi connectivity index (χ2v) is 6.15. The van der Waals surface area contributed by atoms with Gasteiger partial charge in [0.2, 0.25) is 0 Å². The van der Waals surface area contributed by atoms with Crippen LogP contribution in [0.15, 0.2) is 48.5 Å². The van der Waals surface area contributed by atoms with Gasteiger partial charge in [0.05, 0.1) is 0 Å². The molecule has 0 amide bonds. The lowest BCUT2D eigenvalue weighted by atomic mass is 9.86. The second kappa shape index (κ2) is 6.13. The Morgan fingerprint density at radius 3 is 2.43 bits per heavy atom. The topological polar surface area (TPSA) is 26.3 Å². The van der Waals surface area contributed by atoms with Gasteiger partial charge in [-0.25, -0.2) is 0 Å². The van der Waals surface area contributed by atoms with Crippen LogP contribution in [0.5, 0.6) is 11.5 Å². The van der Waals surface area contributed by atoms with E-state index in [1.165, 1.54) is 0 Å². The lowest BCUT2D eigenvalue weighted by Crippen LogP contribution is -2.12. The molecule has 0 saturated carbocycles. The van der Waals surface area contributed by atoms with Crippen LogP contribution in [0.4, 0.5) is 0 Å². The molecule has 0 saturated heterocycles. The lowest BCUT2D eigenvalue weighted by Gasteiger charge is -2.22.